The first-order valence-electron chi connectivity index (χ1n) is 8.71. The van der Waals surface area contributed by atoms with E-state index in [0.29, 0.717) is 11.1 Å². The van der Waals surface area contributed by atoms with Crippen LogP contribution in [0.25, 0.3) is 22.4 Å². The Labute approximate surface area is 161 Å². The van der Waals surface area contributed by atoms with Crippen LogP contribution < -0.4 is 0 Å². The third-order valence-electron chi connectivity index (χ3n) is 4.46. The van der Waals surface area contributed by atoms with Gasteiger partial charge in [0.1, 0.15) is 0 Å². The van der Waals surface area contributed by atoms with Crippen LogP contribution in [0, 0.1) is 13.8 Å². The second-order valence-corrected chi connectivity index (χ2v) is 7.83. The predicted molar refractivity (Wildman–Crippen MR) is 107 cm³/mol. The molecule has 0 aliphatic rings. The Hall–Kier alpha value is -2.86. The van der Waals surface area contributed by atoms with Gasteiger partial charge in [-0.15, -0.1) is 10.2 Å². The van der Waals surface area contributed by atoms with E-state index in [1.807, 2.05) is 69.3 Å². The van der Waals surface area contributed by atoms with Gasteiger partial charge in [0.2, 0.25) is 5.89 Å². The SMILES string of the molecule is Cc1cccc(-c2nnc(S[C@H](C)C(=O)c3c(C)[nH]c4ccccc34)o2)c1. The number of H-pyrrole nitrogens is 1. The first-order valence-corrected chi connectivity index (χ1v) is 9.59. The van der Waals surface area contributed by atoms with Crippen LogP contribution in [0.1, 0.15) is 28.5 Å². The molecule has 2 heterocycles. The zero-order valence-electron chi connectivity index (χ0n) is 15.3. The van der Waals surface area contributed by atoms with Crippen LogP contribution in [0.5, 0.6) is 0 Å². The lowest BCUT2D eigenvalue weighted by atomic mass is 10.1. The molecule has 0 radical (unpaired) electrons. The summed E-state index contributed by atoms with van der Waals surface area (Å²) in [5, 5.41) is 9.21. The molecule has 0 fully saturated rings. The minimum Gasteiger partial charge on any atom is -0.411 e. The molecular formula is C21H19N3O2S. The lowest BCUT2D eigenvalue weighted by Crippen LogP contribution is -2.14. The molecule has 0 spiro atoms. The first-order chi connectivity index (χ1) is 13.0. The molecule has 0 saturated carbocycles. The molecule has 1 atom stereocenters. The van der Waals surface area contributed by atoms with Crippen molar-refractivity contribution in [3.05, 3.63) is 65.4 Å². The van der Waals surface area contributed by atoms with E-state index in [4.69, 9.17) is 4.42 Å². The molecule has 0 aliphatic carbocycles. The summed E-state index contributed by atoms with van der Waals surface area (Å²) in [6.07, 6.45) is 0. The third kappa shape index (κ3) is 3.40. The van der Waals surface area contributed by atoms with Crippen molar-refractivity contribution in [2.24, 2.45) is 0 Å². The van der Waals surface area contributed by atoms with Crippen molar-refractivity contribution in [3.8, 4) is 11.5 Å². The summed E-state index contributed by atoms with van der Waals surface area (Å²) in [4.78, 5) is 16.3. The Morgan fingerprint density at radius 2 is 1.93 bits per heavy atom. The number of hydrogen-bond donors (Lipinski definition) is 1. The van der Waals surface area contributed by atoms with Crippen LogP contribution in [0.4, 0.5) is 0 Å². The minimum atomic E-state index is -0.339. The van der Waals surface area contributed by atoms with Gasteiger partial charge in [0.05, 0.1) is 5.25 Å². The van der Waals surface area contributed by atoms with E-state index in [9.17, 15) is 4.79 Å². The summed E-state index contributed by atoms with van der Waals surface area (Å²) in [5.41, 5.74) is 4.57. The van der Waals surface area contributed by atoms with Gasteiger partial charge in [-0.25, -0.2) is 0 Å². The second-order valence-electron chi connectivity index (χ2n) is 6.54. The molecule has 4 aromatic rings. The van der Waals surface area contributed by atoms with Crippen LogP contribution in [-0.2, 0) is 0 Å². The predicted octanol–water partition coefficient (Wildman–Crippen LogP) is 5.20. The van der Waals surface area contributed by atoms with Crippen molar-refractivity contribution in [2.75, 3.05) is 0 Å². The van der Waals surface area contributed by atoms with Crippen LogP contribution in [-0.4, -0.2) is 26.2 Å². The van der Waals surface area contributed by atoms with Crippen LogP contribution in [0.2, 0.25) is 0 Å². The van der Waals surface area contributed by atoms with Gasteiger partial charge in [0, 0.05) is 27.7 Å². The molecule has 6 heteroatoms. The lowest BCUT2D eigenvalue weighted by Gasteiger charge is -2.07. The Balaban J connectivity index is 1.56. The number of Topliss-reactive ketones (excluding diaryl/α,β-unsaturated/α-hetero) is 1. The lowest BCUT2D eigenvalue weighted by molar-refractivity contribution is 0.0994. The van der Waals surface area contributed by atoms with Gasteiger partial charge < -0.3 is 9.40 Å². The molecule has 0 aliphatic heterocycles. The molecular weight excluding hydrogens is 358 g/mol. The van der Waals surface area contributed by atoms with Crippen molar-refractivity contribution in [1.29, 1.82) is 0 Å². The van der Waals surface area contributed by atoms with Gasteiger partial charge in [-0.3, -0.25) is 4.79 Å². The van der Waals surface area contributed by atoms with Gasteiger partial charge in [-0.05, 0) is 39.0 Å². The maximum atomic E-state index is 13.0. The zero-order chi connectivity index (χ0) is 19.0. The largest absolute Gasteiger partial charge is 0.411 e. The molecule has 0 unspecified atom stereocenters. The fraction of sp³-hybridized carbons (Fsp3) is 0.190. The smallest absolute Gasteiger partial charge is 0.277 e. The van der Waals surface area contributed by atoms with E-state index in [-0.39, 0.29) is 11.0 Å². The number of rotatable bonds is 5. The van der Waals surface area contributed by atoms with Crippen molar-refractivity contribution in [2.45, 2.75) is 31.2 Å². The van der Waals surface area contributed by atoms with E-state index < -0.39 is 0 Å². The molecule has 4 rings (SSSR count). The second kappa shape index (κ2) is 7.04. The highest BCUT2D eigenvalue weighted by Gasteiger charge is 2.24. The average Bonchev–Trinajstić information content (AvgIpc) is 3.24. The number of ketones is 1. The van der Waals surface area contributed by atoms with Crippen molar-refractivity contribution < 1.29 is 9.21 Å². The summed E-state index contributed by atoms with van der Waals surface area (Å²) in [7, 11) is 0. The number of aromatic amines is 1. The van der Waals surface area contributed by atoms with Crippen molar-refractivity contribution in [1.82, 2.24) is 15.2 Å². The van der Waals surface area contributed by atoms with Gasteiger partial charge in [-0.1, -0.05) is 47.7 Å². The summed E-state index contributed by atoms with van der Waals surface area (Å²) in [5.74, 6) is 0.509. The maximum Gasteiger partial charge on any atom is 0.277 e. The Morgan fingerprint density at radius 1 is 1.11 bits per heavy atom. The van der Waals surface area contributed by atoms with Gasteiger partial charge in [-0.2, -0.15) is 0 Å². The fourth-order valence-corrected chi connectivity index (χ4v) is 3.90. The number of thioether (sulfide) groups is 1. The van der Waals surface area contributed by atoms with Crippen LogP contribution >= 0.6 is 11.8 Å². The third-order valence-corrected chi connectivity index (χ3v) is 5.39. The van der Waals surface area contributed by atoms with Crippen molar-refractivity contribution in [3.63, 3.8) is 0 Å². The number of hydrogen-bond acceptors (Lipinski definition) is 5. The van der Waals surface area contributed by atoms with E-state index in [0.717, 1.165) is 33.3 Å². The monoisotopic (exact) mass is 377 g/mol. The summed E-state index contributed by atoms with van der Waals surface area (Å²) >= 11 is 1.28. The van der Waals surface area contributed by atoms with Crippen molar-refractivity contribution >= 4 is 28.4 Å². The Bertz CT molecular complexity index is 1130. The van der Waals surface area contributed by atoms with E-state index in [1.165, 1.54) is 11.8 Å². The van der Waals surface area contributed by atoms with Gasteiger partial charge in [0.25, 0.3) is 5.22 Å². The quantitative estimate of drug-likeness (QED) is 0.382. The molecule has 0 saturated heterocycles. The van der Waals surface area contributed by atoms with Crippen LogP contribution in [0.15, 0.2) is 58.2 Å². The van der Waals surface area contributed by atoms with E-state index in [2.05, 4.69) is 15.2 Å². The Morgan fingerprint density at radius 3 is 2.74 bits per heavy atom. The van der Waals surface area contributed by atoms with E-state index in [1.54, 1.807) is 0 Å². The fourth-order valence-electron chi connectivity index (χ4n) is 3.15. The number of nitrogens with zero attached hydrogens (tertiary/aromatic N) is 2. The highest BCUT2D eigenvalue weighted by molar-refractivity contribution is 8.00. The first kappa shape index (κ1) is 17.5. The summed E-state index contributed by atoms with van der Waals surface area (Å²) in [6.45, 7) is 5.80. The molecule has 2 aromatic carbocycles. The molecule has 5 nitrogen and oxygen atoms in total. The summed E-state index contributed by atoms with van der Waals surface area (Å²) in [6, 6.07) is 15.7. The highest BCUT2D eigenvalue weighted by Crippen LogP contribution is 2.31. The molecule has 0 amide bonds. The molecule has 136 valence electrons. The van der Waals surface area contributed by atoms with E-state index >= 15 is 0 Å². The number of para-hydroxylation sites is 1. The van der Waals surface area contributed by atoms with Gasteiger partial charge in [0.15, 0.2) is 5.78 Å². The molecule has 1 N–H and O–H groups in total. The number of aromatic nitrogens is 3. The number of nitrogens with one attached hydrogen (secondary N) is 1. The van der Waals surface area contributed by atoms with Crippen LogP contribution in [0.3, 0.4) is 0 Å². The topological polar surface area (TPSA) is 71.8 Å². The Kier molecular flexibility index (Phi) is 4.58. The summed E-state index contributed by atoms with van der Waals surface area (Å²) < 4.78 is 5.76. The number of carbonyl (C=O) groups is 1. The molecule has 2 aromatic heterocycles. The minimum absolute atomic E-state index is 0.0465. The van der Waals surface area contributed by atoms with Gasteiger partial charge >= 0.3 is 0 Å². The number of aryl methyl sites for hydroxylation is 2. The normalized spacial score (nSPS) is 12.4. The average molecular weight is 377 g/mol. The number of fused-ring (bicyclic) bond motifs is 1. The molecule has 0 bridgehead atoms. The highest BCUT2D eigenvalue weighted by atomic mass is 32.2. The standard InChI is InChI=1S/C21H19N3O2S/c1-12-7-6-8-15(11-12)20-23-24-21(26-20)27-14(3)19(25)18-13(2)22-17-10-5-4-9-16(17)18/h4-11,14,22H,1-3H3/t14-/m1/s1. The number of benzene rings is 2. The number of carbonyl (C=O) groups excluding carboxylic acids is 1. The maximum absolute atomic E-state index is 13.0. The zero-order valence-corrected chi connectivity index (χ0v) is 16.1. The molecule has 27 heavy (non-hydrogen) atoms.